The predicted octanol–water partition coefficient (Wildman–Crippen LogP) is 7.37. The summed E-state index contributed by atoms with van der Waals surface area (Å²) in [5.41, 5.74) is 2.19. The maximum atomic E-state index is 13.0. The number of esters is 1. The van der Waals surface area contributed by atoms with Crippen molar-refractivity contribution in [3.8, 4) is 17.6 Å². The molecule has 1 N–H and O–H groups in total. The summed E-state index contributed by atoms with van der Waals surface area (Å²) in [4.78, 5) is 26.3. The van der Waals surface area contributed by atoms with Gasteiger partial charge in [-0.2, -0.15) is 5.26 Å². The zero-order valence-corrected chi connectivity index (χ0v) is 23.6. The molecule has 0 aliphatic heterocycles. The number of carbonyl (C=O) groups excluding carboxylic acids is 2. The number of nitriles is 1. The molecule has 0 aliphatic carbocycles. The minimum Gasteiger partial charge on any atom is -0.490 e. The Labute approximate surface area is 235 Å². The summed E-state index contributed by atoms with van der Waals surface area (Å²) < 4.78 is 16.8. The van der Waals surface area contributed by atoms with Crippen molar-refractivity contribution < 1.29 is 23.8 Å². The second-order valence-corrected chi connectivity index (χ2v) is 10.1. The van der Waals surface area contributed by atoms with Crippen LogP contribution in [0.25, 0.3) is 6.08 Å². The Bertz CT molecular complexity index is 1430. The summed E-state index contributed by atoms with van der Waals surface area (Å²) in [5.74, 6) is -0.251. The Balaban J connectivity index is 1.83. The number of amides is 1. The average Bonchev–Trinajstić information content (AvgIpc) is 3.15. The molecule has 0 atom stereocenters. The van der Waals surface area contributed by atoms with Crippen molar-refractivity contribution in [2.24, 2.45) is 0 Å². The largest absolute Gasteiger partial charge is 0.490 e. The van der Waals surface area contributed by atoms with Gasteiger partial charge in [0.1, 0.15) is 23.3 Å². The minimum atomic E-state index is -0.644. The summed E-state index contributed by atoms with van der Waals surface area (Å²) >= 11 is 13.4. The van der Waals surface area contributed by atoms with E-state index in [1.165, 1.54) is 17.4 Å². The highest BCUT2D eigenvalue weighted by Crippen LogP contribution is 2.34. The van der Waals surface area contributed by atoms with Gasteiger partial charge in [0.15, 0.2) is 11.5 Å². The van der Waals surface area contributed by atoms with Crippen LogP contribution in [0.15, 0.2) is 42.0 Å². The zero-order chi connectivity index (χ0) is 27.8. The number of thiophene rings is 1. The van der Waals surface area contributed by atoms with Crippen molar-refractivity contribution in [1.82, 2.24) is 0 Å². The summed E-state index contributed by atoms with van der Waals surface area (Å²) in [7, 11) is 0. The van der Waals surface area contributed by atoms with Crippen molar-refractivity contribution in [2.45, 2.75) is 34.3 Å². The smallest absolute Gasteiger partial charge is 0.341 e. The molecule has 198 valence electrons. The van der Waals surface area contributed by atoms with Crippen LogP contribution in [-0.2, 0) is 16.1 Å². The first kappa shape index (κ1) is 29.1. The number of halogens is 2. The van der Waals surface area contributed by atoms with Gasteiger partial charge >= 0.3 is 5.97 Å². The van der Waals surface area contributed by atoms with E-state index in [1.807, 2.05) is 19.9 Å². The summed E-state index contributed by atoms with van der Waals surface area (Å²) in [6.07, 6.45) is 1.44. The third kappa shape index (κ3) is 7.07. The van der Waals surface area contributed by atoms with Crippen LogP contribution in [0.1, 0.15) is 45.8 Å². The molecule has 0 aliphatic rings. The number of nitrogens with zero attached hydrogens (tertiary/aromatic N) is 1. The molecule has 0 bridgehead atoms. The summed E-state index contributed by atoms with van der Waals surface area (Å²) in [6, 6.07) is 12.2. The molecular weight excluding hydrogens is 547 g/mol. The highest BCUT2D eigenvalue weighted by molar-refractivity contribution is 7.16. The number of hydrogen-bond acceptors (Lipinski definition) is 7. The van der Waals surface area contributed by atoms with Gasteiger partial charge in [0.2, 0.25) is 0 Å². The molecule has 0 saturated carbocycles. The molecule has 10 heteroatoms. The van der Waals surface area contributed by atoms with Crippen molar-refractivity contribution in [3.05, 3.63) is 79.1 Å². The number of ether oxygens (including phenoxy) is 3. The maximum Gasteiger partial charge on any atom is 0.341 e. The second kappa shape index (κ2) is 13.3. The van der Waals surface area contributed by atoms with E-state index in [0.29, 0.717) is 44.3 Å². The Morgan fingerprint density at radius 1 is 1.05 bits per heavy atom. The van der Waals surface area contributed by atoms with E-state index >= 15 is 0 Å². The van der Waals surface area contributed by atoms with Gasteiger partial charge in [-0.25, -0.2) is 4.79 Å². The van der Waals surface area contributed by atoms with Crippen LogP contribution in [0.3, 0.4) is 0 Å². The monoisotopic (exact) mass is 572 g/mol. The molecule has 3 rings (SSSR count). The van der Waals surface area contributed by atoms with Crippen LogP contribution in [0.5, 0.6) is 11.5 Å². The number of aryl methyl sites for hydroxylation is 1. The van der Waals surface area contributed by atoms with Crippen molar-refractivity contribution >= 4 is 57.5 Å². The fraction of sp³-hybridized carbons (Fsp3) is 0.250. The first-order valence-corrected chi connectivity index (χ1v) is 13.3. The van der Waals surface area contributed by atoms with Gasteiger partial charge < -0.3 is 19.5 Å². The third-order valence-electron chi connectivity index (χ3n) is 5.43. The van der Waals surface area contributed by atoms with Crippen molar-refractivity contribution in [3.63, 3.8) is 0 Å². The molecule has 3 aromatic rings. The fourth-order valence-electron chi connectivity index (χ4n) is 3.45. The lowest BCUT2D eigenvalue weighted by Gasteiger charge is -2.13. The topological polar surface area (TPSA) is 97.7 Å². The molecule has 1 aromatic heterocycles. The van der Waals surface area contributed by atoms with Crippen LogP contribution in [0, 0.1) is 25.2 Å². The van der Waals surface area contributed by atoms with Crippen molar-refractivity contribution in [2.75, 3.05) is 18.5 Å². The minimum absolute atomic E-state index is 0.146. The van der Waals surface area contributed by atoms with Crippen LogP contribution >= 0.6 is 34.5 Å². The quantitative estimate of drug-likeness (QED) is 0.155. The predicted molar refractivity (Wildman–Crippen MR) is 150 cm³/mol. The molecule has 0 radical (unpaired) electrons. The lowest BCUT2D eigenvalue weighted by atomic mass is 10.1. The zero-order valence-electron chi connectivity index (χ0n) is 21.3. The van der Waals surface area contributed by atoms with Gasteiger partial charge in [-0.05, 0) is 69.2 Å². The maximum absolute atomic E-state index is 13.0. The first-order chi connectivity index (χ1) is 18.2. The van der Waals surface area contributed by atoms with Crippen LogP contribution in [0.2, 0.25) is 10.0 Å². The molecule has 0 unspecified atom stereocenters. The van der Waals surface area contributed by atoms with E-state index in [1.54, 1.807) is 50.2 Å². The average molecular weight is 573 g/mol. The third-order valence-corrected chi connectivity index (χ3v) is 7.14. The van der Waals surface area contributed by atoms with Crippen LogP contribution < -0.4 is 14.8 Å². The van der Waals surface area contributed by atoms with Crippen molar-refractivity contribution in [1.29, 1.82) is 5.26 Å². The van der Waals surface area contributed by atoms with Gasteiger partial charge in [-0.15, -0.1) is 11.3 Å². The van der Waals surface area contributed by atoms with Gasteiger partial charge in [-0.3, -0.25) is 4.79 Å². The van der Waals surface area contributed by atoms with E-state index in [4.69, 9.17) is 37.4 Å². The lowest BCUT2D eigenvalue weighted by Crippen LogP contribution is -2.16. The van der Waals surface area contributed by atoms with E-state index in [0.717, 1.165) is 16.0 Å². The molecule has 0 saturated heterocycles. The van der Waals surface area contributed by atoms with Gasteiger partial charge in [0.05, 0.1) is 18.8 Å². The van der Waals surface area contributed by atoms with Gasteiger partial charge in [-0.1, -0.05) is 35.3 Å². The fourth-order valence-corrected chi connectivity index (χ4v) is 4.95. The number of nitrogens with one attached hydrogen (secondary N) is 1. The summed E-state index contributed by atoms with van der Waals surface area (Å²) in [5, 5.41) is 13.7. The number of rotatable bonds is 10. The molecule has 38 heavy (non-hydrogen) atoms. The van der Waals surface area contributed by atoms with E-state index < -0.39 is 11.9 Å². The Morgan fingerprint density at radius 2 is 1.82 bits per heavy atom. The molecule has 0 spiro atoms. The molecular formula is C28H26Cl2N2O5S. The highest BCUT2D eigenvalue weighted by atomic mass is 35.5. The van der Waals surface area contributed by atoms with Gasteiger partial charge in [0.25, 0.3) is 5.91 Å². The molecule has 7 nitrogen and oxygen atoms in total. The molecule has 1 amide bonds. The first-order valence-electron chi connectivity index (χ1n) is 11.7. The Hall–Kier alpha value is -3.51. The summed E-state index contributed by atoms with van der Waals surface area (Å²) in [6.45, 7) is 7.96. The lowest BCUT2D eigenvalue weighted by molar-refractivity contribution is -0.112. The molecule has 2 aromatic carbocycles. The van der Waals surface area contributed by atoms with Gasteiger partial charge in [0, 0.05) is 20.5 Å². The SMILES string of the molecule is CCOC(=O)c1c(NC(=O)/C(C#N)=C/c2ccc(OCc3ccc(Cl)cc3Cl)c(OCC)c2)sc(C)c1C. The number of hydrogen-bond donors (Lipinski definition) is 1. The molecule has 0 fully saturated rings. The number of carbonyl (C=O) groups is 2. The number of anilines is 1. The van der Waals surface area contributed by atoms with Crippen LogP contribution in [0.4, 0.5) is 5.00 Å². The Kier molecular flexibility index (Phi) is 10.2. The molecule has 1 heterocycles. The number of benzene rings is 2. The normalized spacial score (nSPS) is 11.0. The van der Waals surface area contributed by atoms with E-state index in [9.17, 15) is 14.9 Å². The van der Waals surface area contributed by atoms with Crippen LogP contribution in [-0.4, -0.2) is 25.1 Å². The van der Waals surface area contributed by atoms with E-state index in [-0.39, 0.29) is 18.8 Å². The Morgan fingerprint density at radius 3 is 2.47 bits per heavy atom. The van der Waals surface area contributed by atoms with E-state index in [2.05, 4.69) is 5.32 Å². The highest BCUT2D eigenvalue weighted by Gasteiger charge is 2.23. The standard InChI is InChI=1S/C28H26Cl2N2O5S/c1-5-35-24-12-18(7-10-23(24)37-15-19-8-9-21(29)13-22(19)30)11-20(14-31)26(33)32-27-25(28(34)36-6-2)16(3)17(4)38-27/h7-13H,5-6,15H2,1-4H3,(H,32,33)/b20-11+. The second-order valence-electron chi connectivity index (χ2n) is 8.00.